The lowest BCUT2D eigenvalue weighted by Gasteiger charge is -2.08. The number of aryl methyl sites for hydroxylation is 1. The molecule has 1 saturated heterocycles. The van der Waals surface area contributed by atoms with E-state index in [-0.39, 0.29) is 5.37 Å². The van der Waals surface area contributed by atoms with Gasteiger partial charge in [-0.15, -0.1) is 11.8 Å². The summed E-state index contributed by atoms with van der Waals surface area (Å²) in [5.74, 6) is 1.81. The molecule has 1 aromatic carbocycles. The van der Waals surface area contributed by atoms with Gasteiger partial charge in [0.25, 0.3) is 0 Å². The number of carboxylic acids is 1. The number of furan rings is 1. The van der Waals surface area contributed by atoms with E-state index in [1.807, 2.05) is 31.2 Å². The van der Waals surface area contributed by atoms with E-state index in [9.17, 15) is 4.79 Å². The maximum Gasteiger partial charge on any atom is 0.321 e. The lowest BCUT2D eigenvalue weighted by Crippen LogP contribution is -2.33. The molecule has 1 fully saturated rings. The third-order valence-electron chi connectivity index (χ3n) is 3.53. The summed E-state index contributed by atoms with van der Waals surface area (Å²) in [6, 6.07) is 8.63. The topological polar surface area (TPSA) is 71.7 Å². The largest absolute Gasteiger partial charge is 0.486 e. The molecule has 5 nitrogen and oxygen atoms in total. The highest BCUT2D eigenvalue weighted by Gasteiger charge is 2.32. The summed E-state index contributed by atoms with van der Waals surface area (Å²) in [6.45, 7) is 2.23. The number of hydrogen-bond acceptors (Lipinski definition) is 5. The molecule has 1 aliphatic rings. The van der Waals surface area contributed by atoms with Crippen LogP contribution >= 0.6 is 23.4 Å². The summed E-state index contributed by atoms with van der Waals surface area (Å²) in [6.07, 6.45) is 0. The summed E-state index contributed by atoms with van der Waals surface area (Å²) in [7, 11) is 0. The van der Waals surface area contributed by atoms with Crippen LogP contribution in [0.5, 0.6) is 5.75 Å². The van der Waals surface area contributed by atoms with Gasteiger partial charge in [0.1, 0.15) is 35.3 Å². The third-order valence-corrected chi connectivity index (χ3v) is 5.18. The van der Waals surface area contributed by atoms with Crippen LogP contribution in [0.2, 0.25) is 5.02 Å². The Bertz CT molecular complexity index is 718. The summed E-state index contributed by atoms with van der Waals surface area (Å²) in [5, 5.41) is 12.6. The number of thioether (sulfide) groups is 1. The fraction of sp³-hybridized carbons (Fsp3) is 0.312. The monoisotopic (exact) mass is 353 g/mol. The molecule has 3 rings (SSSR count). The number of carboxylic acid groups (broad SMARTS) is 1. The highest BCUT2D eigenvalue weighted by Crippen LogP contribution is 2.34. The van der Waals surface area contributed by atoms with Crippen LogP contribution in [0.15, 0.2) is 34.7 Å². The number of benzene rings is 1. The van der Waals surface area contributed by atoms with E-state index in [1.165, 1.54) is 11.8 Å². The van der Waals surface area contributed by atoms with Crippen LogP contribution in [-0.2, 0) is 11.4 Å². The molecule has 0 aliphatic carbocycles. The van der Waals surface area contributed by atoms with Crippen molar-refractivity contribution >= 4 is 29.3 Å². The summed E-state index contributed by atoms with van der Waals surface area (Å²) in [4.78, 5) is 11.0. The fourth-order valence-electron chi connectivity index (χ4n) is 2.25. The van der Waals surface area contributed by atoms with Gasteiger partial charge in [-0.25, -0.2) is 0 Å². The van der Waals surface area contributed by atoms with Crippen LogP contribution in [0.4, 0.5) is 0 Å². The number of nitrogens with one attached hydrogen (secondary N) is 1. The van der Waals surface area contributed by atoms with Crippen molar-refractivity contribution in [3.05, 3.63) is 52.4 Å². The number of aliphatic carboxylic acids is 1. The lowest BCUT2D eigenvalue weighted by molar-refractivity contribution is -0.138. The molecule has 1 aromatic heterocycles. The molecule has 0 saturated carbocycles. The standard InChI is InChI=1S/C16H16ClNO4S/c1-9-6-10(2-4-12(9)17)21-7-11-3-5-14(22-11)15-18-13(8-23-15)16(19)20/h2-6,13,15,18H,7-8H2,1H3,(H,19,20)/t13-,15+/m0/s1. The summed E-state index contributed by atoms with van der Waals surface area (Å²) in [5.41, 5.74) is 0.954. The first-order valence-corrected chi connectivity index (χ1v) is 8.53. The molecule has 2 aromatic rings. The Kier molecular flexibility index (Phi) is 4.84. The van der Waals surface area contributed by atoms with Crippen LogP contribution in [0.25, 0.3) is 0 Å². The minimum atomic E-state index is -0.840. The van der Waals surface area contributed by atoms with E-state index >= 15 is 0 Å². The Morgan fingerprint density at radius 2 is 2.30 bits per heavy atom. The van der Waals surface area contributed by atoms with Crippen molar-refractivity contribution in [2.75, 3.05) is 5.75 Å². The first-order valence-electron chi connectivity index (χ1n) is 7.11. The van der Waals surface area contributed by atoms with Crippen LogP contribution < -0.4 is 10.1 Å². The van der Waals surface area contributed by atoms with Crippen molar-refractivity contribution in [1.29, 1.82) is 0 Å². The second-order valence-corrected chi connectivity index (χ2v) is 6.82. The molecule has 23 heavy (non-hydrogen) atoms. The predicted octanol–water partition coefficient (Wildman–Crippen LogP) is 3.61. The molecule has 0 unspecified atom stereocenters. The quantitative estimate of drug-likeness (QED) is 0.855. The lowest BCUT2D eigenvalue weighted by atomic mass is 10.2. The van der Waals surface area contributed by atoms with Gasteiger partial charge in [0.05, 0.1) is 0 Å². The third kappa shape index (κ3) is 3.83. The fourth-order valence-corrected chi connectivity index (χ4v) is 3.55. The molecule has 2 heterocycles. The second kappa shape index (κ2) is 6.86. The zero-order valence-electron chi connectivity index (χ0n) is 12.4. The SMILES string of the molecule is Cc1cc(OCc2ccc([C@@H]3N[C@H](C(=O)O)CS3)o2)ccc1Cl. The Morgan fingerprint density at radius 3 is 3.00 bits per heavy atom. The van der Waals surface area contributed by atoms with Crippen molar-refractivity contribution in [1.82, 2.24) is 5.32 Å². The number of hydrogen-bond donors (Lipinski definition) is 2. The number of carbonyl (C=O) groups is 1. The minimum Gasteiger partial charge on any atom is -0.486 e. The molecule has 2 N–H and O–H groups in total. The van der Waals surface area contributed by atoms with Gasteiger partial charge in [-0.2, -0.15) is 0 Å². The molecule has 0 amide bonds. The molecule has 2 atom stereocenters. The normalized spacial score (nSPS) is 20.6. The Morgan fingerprint density at radius 1 is 1.48 bits per heavy atom. The van der Waals surface area contributed by atoms with E-state index < -0.39 is 12.0 Å². The van der Waals surface area contributed by atoms with E-state index in [0.717, 1.165) is 11.3 Å². The maximum absolute atomic E-state index is 11.0. The van der Waals surface area contributed by atoms with Crippen molar-refractivity contribution < 1.29 is 19.1 Å². The van der Waals surface area contributed by atoms with Crippen LogP contribution in [0.1, 0.15) is 22.5 Å². The molecule has 0 bridgehead atoms. The van der Waals surface area contributed by atoms with E-state index in [4.69, 9.17) is 25.9 Å². The second-order valence-electron chi connectivity index (χ2n) is 5.27. The van der Waals surface area contributed by atoms with E-state index in [1.54, 1.807) is 6.07 Å². The van der Waals surface area contributed by atoms with Crippen molar-refractivity contribution in [2.24, 2.45) is 0 Å². The van der Waals surface area contributed by atoms with Gasteiger partial charge in [-0.05, 0) is 42.8 Å². The summed E-state index contributed by atoms with van der Waals surface area (Å²) >= 11 is 7.50. The molecular weight excluding hydrogens is 338 g/mol. The molecule has 1 aliphatic heterocycles. The van der Waals surface area contributed by atoms with Gasteiger partial charge < -0.3 is 14.3 Å². The highest BCUT2D eigenvalue weighted by atomic mass is 35.5. The number of rotatable bonds is 5. The predicted molar refractivity (Wildman–Crippen MR) is 89.0 cm³/mol. The zero-order valence-corrected chi connectivity index (χ0v) is 14.0. The molecular formula is C16H16ClNO4S. The first kappa shape index (κ1) is 16.2. The molecule has 0 radical (unpaired) electrons. The molecule has 0 spiro atoms. The van der Waals surface area contributed by atoms with Crippen molar-refractivity contribution in [2.45, 2.75) is 24.9 Å². The van der Waals surface area contributed by atoms with Gasteiger partial charge in [0.15, 0.2) is 0 Å². The van der Waals surface area contributed by atoms with Crippen molar-refractivity contribution in [3.8, 4) is 5.75 Å². The van der Waals surface area contributed by atoms with Crippen LogP contribution in [-0.4, -0.2) is 22.9 Å². The Balaban J connectivity index is 1.59. The maximum atomic E-state index is 11.0. The Labute approximate surface area is 143 Å². The van der Waals surface area contributed by atoms with E-state index in [2.05, 4.69) is 5.32 Å². The summed E-state index contributed by atoms with van der Waals surface area (Å²) < 4.78 is 11.4. The minimum absolute atomic E-state index is 0.136. The Hall–Kier alpha value is -1.63. The number of halogens is 1. The molecule has 7 heteroatoms. The van der Waals surface area contributed by atoms with Gasteiger partial charge >= 0.3 is 5.97 Å². The van der Waals surface area contributed by atoms with Gasteiger partial charge in [-0.3, -0.25) is 10.1 Å². The highest BCUT2D eigenvalue weighted by molar-refractivity contribution is 7.99. The number of ether oxygens (including phenoxy) is 1. The van der Waals surface area contributed by atoms with Crippen LogP contribution in [0.3, 0.4) is 0 Å². The van der Waals surface area contributed by atoms with Crippen molar-refractivity contribution in [3.63, 3.8) is 0 Å². The smallest absolute Gasteiger partial charge is 0.321 e. The van der Waals surface area contributed by atoms with E-state index in [0.29, 0.717) is 28.9 Å². The van der Waals surface area contributed by atoms with Gasteiger partial charge in [-0.1, -0.05) is 11.6 Å². The van der Waals surface area contributed by atoms with Gasteiger partial charge in [0, 0.05) is 10.8 Å². The average molecular weight is 354 g/mol. The van der Waals surface area contributed by atoms with Crippen LogP contribution in [0, 0.1) is 6.92 Å². The van der Waals surface area contributed by atoms with Gasteiger partial charge in [0.2, 0.25) is 0 Å². The average Bonchev–Trinajstić information content (AvgIpc) is 3.16. The first-order chi connectivity index (χ1) is 11.0. The zero-order chi connectivity index (χ0) is 16.4. The molecule has 122 valence electrons.